The molecule has 0 bridgehead atoms. The quantitative estimate of drug-likeness (QED) is 0.582. The van der Waals surface area contributed by atoms with E-state index < -0.39 is 5.97 Å². The van der Waals surface area contributed by atoms with Crippen LogP contribution in [0.5, 0.6) is 5.75 Å². The van der Waals surface area contributed by atoms with Gasteiger partial charge < -0.3 is 15.2 Å². The molecule has 2 aromatic carbocycles. The number of ether oxygens (including phenoxy) is 1. The highest BCUT2D eigenvalue weighted by Gasteiger charge is 2.26. The number of aromatic hydroxyl groups is 1. The van der Waals surface area contributed by atoms with Gasteiger partial charge in [-0.1, -0.05) is 30.3 Å². The smallest absolute Gasteiger partial charge is 0.339 e. The highest BCUT2D eigenvalue weighted by molar-refractivity contribution is 6.07. The summed E-state index contributed by atoms with van der Waals surface area (Å²) in [5.41, 5.74) is 4.84. The summed E-state index contributed by atoms with van der Waals surface area (Å²) >= 11 is 0. The van der Waals surface area contributed by atoms with Gasteiger partial charge >= 0.3 is 5.97 Å². The Morgan fingerprint density at radius 1 is 1.12 bits per heavy atom. The number of rotatable bonds is 5. The Morgan fingerprint density at radius 3 is 2.62 bits per heavy atom. The number of fused-ring (bicyclic) bond motifs is 2. The Labute approximate surface area is 186 Å². The average molecular weight is 431 g/mol. The number of hydrogen-bond donors (Lipinski definition) is 2. The van der Waals surface area contributed by atoms with E-state index in [1.165, 1.54) is 0 Å². The van der Waals surface area contributed by atoms with Crippen molar-refractivity contribution in [2.24, 2.45) is 0 Å². The molecule has 0 atom stereocenters. The Kier molecular flexibility index (Phi) is 6.21. The lowest BCUT2D eigenvalue weighted by Gasteiger charge is -2.22. The van der Waals surface area contributed by atoms with Gasteiger partial charge in [0.1, 0.15) is 5.75 Å². The third-order valence-electron chi connectivity index (χ3n) is 5.39. The van der Waals surface area contributed by atoms with Crippen LogP contribution in [0.4, 0.5) is 0 Å². The molecule has 0 spiro atoms. The molecule has 0 saturated carbocycles. The molecule has 1 aliphatic rings. The standard InChI is InChI=1S/C26H26N2O4/c1-16(2)27-23(30)15-32-26(31)24-20-7-3-4-9-22(20)28-25-18(6-5-8-21(24)25)14-17-10-12-19(29)13-11-17/h3-4,7,9-14,16,29H,5-6,8,15H2,1-2H3,(H,27,30)/b18-14+. The number of carbonyl (C=O) groups excluding carboxylic acids is 2. The predicted octanol–water partition coefficient (Wildman–Crippen LogP) is 4.50. The van der Waals surface area contributed by atoms with Crippen molar-refractivity contribution in [3.8, 4) is 5.75 Å². The van der Waals surface area contributed by atoms with E-state index in [0.717, 1.165) is 40.6 Å². The molecular formula is C26H26N2O4. The zero-order valence-corrected chi connectivity index (χ0v) is 18.2. The van der Waals surface area contributed by atoms with E-state index in [9.17, 15) is 14.7 Å². The van der Waals surface area contributed by atoms with E-state index in [0.29, 0.717) is 17.5 Å². The molecule has 6 heteroatoms. The van der Waals surface area contributed by atoms with Crippen molar-refractivity contribution < 1.29 is 19.4 Å². The van der Waals surface area contributed by atoms with Gasteiger partial charge in [-0.05, 0) is 74.1 Å². The summed E-state index contributed by atoms with van der Waals surface area (Å²) in [5.74, 6) is -0.620. The van der Waals surface area contributed by atoms with E-state index in [1.807, 2.05) is 56.3 Å². The molecule has 32 heavy (non-hydrogen) atoms. The van der Waals surface area contributed by atoms with Gasteiger partial charge in [-0.2, -0.15) is 0 Å². The number of esters is 1. The number of phenols is 1. The van der Waals surface area contributed by atoms with Gasteiger partial charge in [0.15, 0.2) is 6.61 Å². The molecule has 0 fully saturated rings. The van der Waals surface area contributed by atoms with Gasteiger partial charge in [-0.15, -0.1) is 0 Å². The monoisotopic (exact) mass is 430 g/mol. The minimum Gasteiger partial charge on any atom is -0.508 e. The molecule has 3 aromatic rings. The zero-order valence-electron chi connectivity index (χ0n) is 18.2. The van der Waals surface area contributed by atoms with Crippen molar-refractivity contribution in [3.63, 3.8) is 0 Å². The van der Waals surface area contributed by atoms with Crippen LogP contribution in [0.2, 0.25) is 0 Å². The minimum atomic E-state index is -0.510. The molecule has 1 amide bonds. The second-order valence-corrected chi connectivity index (χ2v) is 8.24. The minimum absolute atomic E-state index is 0.0247. The molecular weight excluding hydrogens is 404 g/mol. The van der Waals surface area contributed by atoms with E-state index in [-0.39, 0.29) is 24.3 Å². The molecule has 164 valence electrons. The fraction of sp³-hybridized carbons (Fsp3) is 0.269. The molecule has 1 aliphatic carbocycles. The second-order valence-electron chi connectivity index (χ2n) is 8.24. The lowest BCUT2D eigenvalue weighted by Crippen LogP contribution is -2.34. The lowest BCUT2D eigenvalue weighted by atomic mass is 9.86. The molecule has 0 saturated heterocycles. The van der Waals surface area contributed by atoms with Crippen molar-refractivity contribution in [2.75, 3.05) is 6.61 Å². The zero-order chi connectivity index (χ0) is 22.7. The van der Waals surface area contributed by atoms with Gasteiger partial charge in [0, 0.05) is 11.4 Å². The maximum Gasteiger partial charge on any atom is 0.339 e. The van der Waals surface area contributed by atoms with Crippen molar-refractivity contribution >= 4 is 34.4 Å². The van der Waals surface area contributed by atoms with Crippen LogP contribution in [0.1, 0.15) is 53.9 Å². The summed E-state index contributed by atoms with van der Waals surface area (Å²) < 4.78 is 5.41. The Balaban J connectivity index is 1.75. The first-order chi connectivity index (χ1) is 15.4. The van der Waals surface area contributed by atoms with Crippen LogP contribution in [0.25, 0.3) is 22.6 Å². The number of nitrogens with zero attached hydrogens (tertiary/aromatic N) is 1. The fourth-order valence-corrected chi connectivity index (χ4v) is 4.05. The average Bonchev–Trinajstić information content (AvgIpc) is 2.77. The first kappa shape index (κ1) is 21.6. The highest BCUT2D eigenvalue weighted by atomic mass is 16.5. The van der Waals surface area contributed by atoms with Crippen LogP contribution >= 0.6 is 0 Å². The van der Waals surface area contributed by atoms with Crippen LogP contribution in [-0.2, 0) is 16.0 Å². The van der Waals surface area contributed by atoms with Crippen molar-refractivity contribution in [3.05, 3.63) is 70.9 Å². The number of amides is 1. The number of aromatic nitrogens is 1. The number of allylic oxidation sites excluding steroid dienone is 1. The molecule has 1 aromatic heterocycles. The first-order valence-corrected chi connectivity index (χ1v) is 10.8. The van der Waals surface area contributed by atoms with Crippen molar-refractivity contribution in [1.82, 2.24) is 10.3 Å². The molecule has 0 unspecified atom stereocenters. The number of benzene rings is 2. The molecule has 4 rings (SSSR count). The first-order valence-electron chi connectivity index (χ1n) is 10.8. The van der Waals surface area contributed by atoms with Crippen LogP contribution in [0.3, 0.4) is 0 Å². The number of nitrogens with one attached hydrogen (secondary N) is 1. The van der Waals surface area contributed by atoms with Gasteiger partial charge in [0.2, 0.25) is 0 Å². The SMILES string of the molecule is CC(C)NC(=O)COC(=O)c1c2c(nc3ccccc13)/C(=C/c1ccc(O)cc1)CCC2. The highest BCUT2D eigenvalue weighted by Crippen LogP contribution is 2.36. The van der Waals surface area contributed by atoms with Crippen molar-refractivity contribution in [1.29, 1.82) is 0 Å². The maximum atomic E-state index is 13.1. The van der Waals surface area contributed by atoms with Crippen LogP contribution < -0.4 is 5.32 Å². The molecule has 2 N–H and O–H groups in total. The molecule has 6 nitrogen and oxygen atoms in total. The van der Waals surface area contributed by atoms with E-state index in [4.69, 9.17) is 9.72 Å². The largest absolute Gasteiger partial charge is 0.508 e. The topological polar surface area (TPSA) is 88.5 Å². The van der Waals surface area contributed by atoms with Crippen molar-refractivity contribution in [2.45, 2.75) is 39.2 Å². The summed E-state index contributed by atoms with van der Waals surface area (Å²) in [6.45, 7) is 3.39. The number of pyridine rings is 1. The Bertz CT molecular complexity index is 1200. The fourth-order valence-electron chi connectivity index (χ4n) is 4.05. The maximum absolute atomic E-state index is 13.1. The number of hydrogen-bond acceptors (Lipinski definition) is 5. The molecule has 0 radical (unpaired) electrons. The Morgan fingerprint density at radius 2 is 1.88 bits per heavy atom. The number of carbonyl (C=O) groups is 2. The number of phenolic OH excluding ortho intramolecular Hbond substituents is 1. The molecule has 0 aliphatic heterocycles. The van der Waals surface area contributed by atoms with E-state index in [2.05, 4.69) is 5.32 Å². The van der Waals surface area contributed by atoms with Crippen LogP contribution in [0.15, 0.2) is 48.5 Å². The summed E-state index contributed by atoms with van der Waals surface area (Å²) in [6.07, 6.45) is 4.47. The summed E-state index contributed by atoms with van der Waals surface area (Å²) in [5, 5.41) is 13.0. The molecule has 1 heterocycles. The second kappa shape index (κ2) is 9.22. The lowest BCUT2D eigenvalue weighted by molar-refractivity contribution is -0.124. The van der Waals surface area contributed by atoms with Gasteiger partial charge in [-0.25, -0.2) is 9.78 Å². The van der Waals surface area contributed by atoms with Gasteiger partial charge in [0.05, 0.1) is 16.8 Å². The summed E-state index contributed by atoms with van der Waals surface area (Å²) in [7, 11) is 0. The van der Waals surface area contributed by atoms with Gasteiger partial charge in [0.25, 0.3) is 5.91 Å². The van der Waals surface area contributed by atoms with Crippen LogP contribution in [-0.4, -0.2) is 34.6 Å². The van der Waals surface area contributed by atoms with Gasteiger partial charge in [-0.3, -0.25) is 4.79 Å². The third-order valence-corrected chi connectivity index (χ3v) is 5.39. The van der Waals surface area contributed by atoms with E-state index >= 15 is 0 Å². The third kappa shape index (κ3) is 4.64. The predicted molar refractivity (Wildman–Crippen MR) is 124 cm³/mol. The summed E-state index contributed by atoms with van der Waals surface area (Å²) in [6, 6.07) is 14.5. The summed E-state index contributed by atoms with van der Waals surface area (Å²) in [4.78, 5) is 30.0. The normalized spacial score (nSPS) is 14.4. The number of para-hydroxylation sites is 1. The Hall–Kier alpha value is -3.67. The van der Waals surface area contributed by atoms with Crippen LogP contribution in [0, 0.1) is 0 Å². The van der Waals surface area contributed by atoms with E-state index in [1.54, 1.807) is 12.1 Å².